The van der Waals surface area contributed by atoms with E-state index in [2.05, 4.69) is 33.6 Å². The first kappa shape index (κ1) is 23.9. The molecular formula is C19H34IN5O2. The second-order valence-corrected chi connectivity index (χ2v) is 6.57. The number of ether oxygens (including phenoxy) is 2. The van der Waals surface area contributed by atoms with Crippen molar-refractivity contribution < 1.29 is 9.47 Å². The molecule has 2 N–H and O–H groups in total. The molecular weight excluding hydrogens is 457 g/mol. The van der Waals surface area contributed by atoms with E-state index in [1.54, 1.807) is 0 Å². The molecule has 27 heavy (non-hydrogen) atoms. The number of aliphatic imine (C=N–C) groups is 1. The number of pyridine rings is 1. The van der Waals surface area contributed by atoms with E-state index in [0.717, 1.165) is 62.9 Å². The summed E-state index contributed by atoms with van der Waals surface area (Å²) in [5.74, 6) is 1.77. The monoisotopic (exact) mass is 491 g/mol. The van der Waals surface area contributed by atoms with Gasteiger partial charge in [-0.15, -0.1) is 24.0 Å². The summed E-state index contributed by atoms with van der Waals surface area (Å²) in [6.07, 6.45) is 5.33. The molecule has 0 radical (unpaired) electrons. The number of rotatable bonds is 10. The molecule has 2 rings (SSSR count). The standard InChI is InChI=1S/C19H33N5O2.HI/c1-4-20-19(22-11-7-12-25-15-17-9-6-13-26-17)23-14-16-8-5-10-21-18(16)24(2)3;/h5,8,10,17H,4,6-7,9,11-15H2,1-3H3,(H2,20,22,23);1H. The Bertz CT molecular complexity index is 551. The minimum absolute atomic E-state index is 0. The van der Waals surface area contributed by atoms with E-state index in [4.69, 9.17) is 9.47 Å². The molecule has 7 nitrogen and oxygen atoms in total. The number of guanidine groups is 1. The number of hydrogen-bond acceptors (Lipinski definition) is 5. The SMILES string of the molecule is CCNC(=NCc1cccnc1N(C)C)NCCCOCC1CCCO1.I. The summed E-state index contributed by atoms with van der Waals surface area (Å²) >= 11 is 0. The Hall–Kier alpha value is -1.13. The second-order valence-electron chi connectivity index (χ2n) is 6.57. The highest BCUT2D eigenvalue weighted by molar-refractivity contribution is 14.0. The van der Waals surface area contributed by atoms with E-state index in [0.29, 0.717) is 19.3 Å². The number of aromatic nitrogens is 1. The summed E-state index contributed by atoms with van der Waals surface area (Å²) in [6.45, 7) is 6.63. The molecule has 1 aromatic rings. The van der Waals surface area contributed by atoms with Crippen molar-refractivity contribution in [3.8, 4) is 0 Å². The smallest absolute Gasteiger partial charge is 0.191 e. The lowest BCUT2D eigenvalue weighted by Crippen LogP contribution is -2.38. The van der Waals surface area contributed by atoms with Crippen LogP contribution in [0.25, 0.3) is 0 Å². The van der Waals surface area contributed by atoms with Gasteiger partial charge in [0.1, 0.15) is 5.82 Å². The lowest BCUT2D eigenvalue weighted by molar-refractivity contribution is 0.0168. The highest BCUT2D eigenvalue weighted by atomic mass is 127. The Balaban J connectivity index is 0.00000364. The van der Waals surface area contributed by atoms with E-state index in [-0.39, 0.29) is 24.0 Å². The zero-order valence-electron chi connectivity index (χ0n) is 16.7. The van der Waals surface area contributed by atoms with Gasteiger partial charge < -0.3 is 25.0 Å². The van der Waals surface area contributed by atoms with Gasteiger partial charge in [-0.2, -0.15) is 0 Å². The molecule has 1 unspecified atom stereocenters. The van der Waals surface area contributed by atoms with E-state index in [9.17, 15) is 0 Å². The molecule has 1 aliphatic rings. The van der Waals surface area contributed by atoms with E-state index >= 15 is 0 Å². The molecule has 1 fully saturated rings. The number of anilines is 1. The van der Waals surface area contributed by atoms with Crippen molar-refractivity contribution in [2.45, 2.75) is 38.8 Å². The predicted octanol–water partition coefficient (Wildman–Crippen LogP) is 2.41. The van der Waals surface area contributed by atoms with Crippen LogP contribution in [0.5, 0.6) is 0 Å². The molecule has 8 heteroatoms. The van der Waals surface area contributed by atoms with Gasteiger partial charge in [-0.25, -0.2) is 9.98 Å². The van der Waals surface area contributed by atoms with Gasteiger partial charge in [0, 0.05) is 52.2 Å². The minimum atomic E-state index is 0. The molecule has 1 atom stereocenters. The average molecular weight is 491 g/mol. The fourth-order valence-corrected chi connectivity index (χ4v) is 2.83. The molecule has 0 saturated carbocycles. The Labute approximate surface area is 180 Å². The van der Waals surface area contributed by atoms with E-state index < -0.39 is 0 Å². The van der Waals surface area contributed by atoms with E-state index in [1.807, 2.05) is 31.3 Å². The number of nitrogens with zero attached hydrogens (tertiary/aromatic N) is 3. The first-order valence-corrected chi connectivity index (χ1v) is 9.53. The first-order chi connectivity index (χ1) is 12.7. The maximum atomic E-state index is 5.69. The summed E-state index contributed by atoms with van der Waals surface area (Å²) in [4.78, 5) is 11.1. The van der Waals surface area contributed by atoms with Gasteiger partial charge in [-0.1, -0.05) is 6.07 Å². The van der Waals surface area contributed by atoms with Gasteiger partial charge in [0.15, 0.2) is 5.96 Å². The van der Waals surface area contributed by atoms with E-state index in [1.165, 1.54) is 0 Å². The fourth-order valence-electron chi connectivity index (χ4n) is 2.83. The Kier molecular flexibility index (Phi) is 12.4. The molecule has 0 bridgehead atoms. The van der Waals surface area contributed by atoms with Gasteiger partial charge >= 0.3 is 0 Å². The Morgan fingerprint density at radius 3 is 2.96 bits per heavy atom. The van der Waals surface area contributed by atoms with Crippen molar-refractivity contribution in [2.75, 3.05) is 51.9 Å². The lowest BCUT2D eigenvalue weighted by Gasteiger charge is -2.16. The molecule has 0 spiro atoms. The van der Waals surface area contributed by atoms with Crippen LogP contribution in [-0.2, 0) is 16.0 Å². The van der Waals surface area contributed by atoms with Gasteiger partial charge in [0.25, 0.3) is 0 Å². The predicted molar refractivity (Wildman–Crippen MR) is 121 cm³/mol. The maximum Gasteiger partial charge on any atom is 0.191 e. The quantitative estimate of drug-likeness (QED) is 0.227. The molecule has 2 heterocycles. The summed E-state index contributed by atoms with van der Waals surface area (Å²) in [5.41, 5.74) is 1.11. The third-order valence-corrected chi connectivity index (χ3v) is 4.13. The second kappa shape index (κ2) is 14.0. The molecule has 154 valence electrons. The number of hydrogen-bond donors (Lipinski definition) is 2. The van der Waals surface area contributed by atoms with Crippen LogP contribution in [0.3, 0.4) is 0 Å². The largest absolute Gasteiger partial charge is 0.379 e. The molecule has 0 aromatic carbocycles. The van der Waals surface area contributed by atoms with Crippen LogP contribution in [0.1, 0.15) is 31.7 Å². The third-order valence-electron chi connectivity index (χ3n) is 4.13. The van der Waals surface area contributed by atoms with Gasteiger partial charge in [0.05, 0.1) is 19.3 Å². The molecule has 0 amide bonds. The topological polar surface area (TPSA) is 71.0 Å². The van der Waals surface area contributed by atoms with Crippen molar-refractivity contribution >= 4 is 35.8 Å². The van der Waals surface area contributed by atoms with Crippen LogP contribution < -0.4 is 15.5 Å². The van der Waals surface area contributed by atoms with Gasteiger partial charge in [0.2, 0.25) is 0 Å². The maximum absolute atomic E-state index is 5.69. The first-order valence-electron chi connectivity index (χ1n) is 9.53. The molecule has 1 saturated heterocycles. The zero-order valence-corrected chi connectivity index (χ0v) is 19.1. The summed E-state index contributed by atoms with van der Waals surface area (Å²) in [6, 6.07) is 4.01. The van der Waals surface area contributed by atoms with Gasteiger partial charge in [-0.3, -0.25) is 0 Å². The number of halogens is 1. The minimum Gasteiger partial charge on any atom is -0.379 e. The molecule has 1 aliphatic heterocycles. The summed E-state index contributed by atoms with van der Waals surface area (Å²) in [5, 5.41) is 6.64. The van der Waals surface area contributed by atoms with Crippen molar-refractivity contribution in [2.24, 2.45) is 4.99 Å². The normalized spacial score (nSPS) is 16.7. The van der Waals surface area contributed by atoms with Crippen molar-refractivity contribution in [3.63, 3.8) is 0 Å². The highest BCUT2D eigenvalue weighted by Gasteiger charge is 2.14. The van der Waals surface area contributed by atoms with Crippen LogP contribution in [0.2, 0.25) is 0 Å². The Morgan fingerprint density at radius 2 is 2.26 bits per heavy atom. The van der Waals surface area contributed by atoms with Crippen LogP contribution in [-0.4, -0.2) is 64.1 Å². The number of nitrogens with one attached hydrogen (secondary N) is 2. The molecule has 1 aromatic heterocycles. The summed E-state index contributed by atoms with van der Waals surface area (Å²) in [7, 11) is 3.99. The lowest BCUT2D eigenvalue weighted by atomic mass is 10.2. The van der Waals surface area contributed by atoms with Gasteiger partial charge in [-0.05, 0) is 32.3 Å². The average Bonchev–Trinajstić information content (AvgIpc) is 3.16. The highest BCUT2D eigenvalue weighted by Crippen LogP contribution is 2.15. The summed E-state index contributed by atoms with van der Waals surface area (Å²) < 4.78 is 11.2. The van der Waals surface area contributed by atoms with Crippen LogP contribution in [0, 0.1) is 0 Å². The van der Waals surface area contributed by atoms with Crippen LogP contribution in [0.15, 0.2) is 23.3 Å². The fraction of sp³-hybridized carbons (Fsp3) is 0.684. The van der Waals surface area contributed by atoms with Crippen LogP contribution in [0.4, 0.5) is 5.82 Å². The van der Waals surface area contributed by atoms with Crippen LogP contribution >= 0.6 is 24.0 Å². The molecule has 0 aliphatic carbocycles. The third kappa shape index (κ3) is 9.07. The van der Waals surface area contributed by atoms with Crippen molar-refractivity contribution in [1.29, 1.82) is 0 Å². The Morgan fingerprint density at radius 1 is 1.41 bits per heavy atom. The van der Waals surface area contributed by atoms with Crippen molar-refractivity contribution in [3.05, 3.63) is 23.9 Å². The zero-order chi connectivity index (χ0) is 18.6. The van der Waals surface area contributed by atoms with Crippen molar-refractivity contribution in [1.82, 2.24) is 15.6 Å².